The predicted molar refractivity (Wildman–Crippen MR) is 66.8 cm³/mol. The fraction of sp³-hybridized carbons (Fsp3) is 0.923. The van der Waals surface area contributed by atoms with Crippen molar-refractivity contribution in [1.82, 2.24) is 10.2 Å². The second-order valence-electron chi connectivity index (χ2n) is 5.30. The molecule has 0 aromatic rings. The molecular formula is C13H24N2O2. The van der Waals surface area contributed by atoms with Crippen LogP contribution in [0.25, 0.3) is 0 Å². The lowest BCUT2D eigenvalue weighted by Crippen LogP contribution is -2.47. The van der Waals surface area contributed by atoms with Gasteiger partial charge < -0.3 is 15.0 Å². The summed E-state index contributed by atoms with van der Waals surface area (Å²) < 4.78 is 5.24. The first-order chi connectivity index (χ1) is 8.26. The van der Waals surface area contributed by atoms with E-state index >= 15 is 0 Å². The van der Waals surface area contributed by atoms with Crippen molar-refractivity contribution in [2.45, 2.75) is 32.6 Å². The van der Waals surface area contributed by atoms with Gasteiger partial charge in [0.1, 0.15) is 0 Å². The number of hydrogen-bond acceptors (Lipinski definition) is 3. The lowest BCUT2D eigenvalue weighted by Gasteiger charge is -2.41. The van der Waals surface area contributed by atoms with E-state index in [1.807, 2.05) is 4.90 Å². The van der Waals surface area contributed by atoms with Gasteiger partial charge in [0.2, 0.25) is 5.91 Å². The molecule has 1 saturated carbocycles. The van der Waals surface area contributed by atoms with Crippen LogP contribution < -0.4 is 5.32 Å². The van der Waals surface area contributed by atoms with Gasteiger partial charge >= 0.3 is 0 Å². The van der Waals surface area contributed by atoms with Crippen molar-refractivity contribution in [2.75, 3.05) is 39.4 Å². The van der Waals surface area contributed by atoms with Crippen LogP contribution in [0.2, 0.25) is 0 Å². The zero-order valence-corrected chi connectivity index (χ0v) is 10.8. The summed E-state index contributed by atoms with van der Waals surface area (Å²) in [6, 6.07) is 0. The van der Waals surface area contributed by atoms with Crippen LogP contribution in [0.3, 0.4) is 0 Å². The number of morpholine rings is 1. The van der Waals surface area contributed by atoms with Gasteiger partial charge in [0.25, 0.3) is 0 Å². The molecule has 17 heavy (non-hydrogen) atoms. The first-order valence-electron chi connectivity index (χ1n) is 6.82. The Balaban J connectivity index is 1.65. The Hall–Kier alpha value is -0.610. The van der Waals surface area contributed by atoms with Gasteiger partial charge in [-0.2, -0.15) is 0 Å². The van der Waals surface area contributed by atoms with E-state index in [1.165, 1.54) is 25.7 Å². The molecule has 2 fully saturated rings. The maximum atomic E-state index is 11.9. The Morgan fingerprint density at radius 2 is 2.06 bits per heavy atom. The maximum absolute atomic E-state index is 11.9. The molecule has 1 saturated heterocycles. The molecule has 98 valence electrons. The normalized spacial score (nSPS) is 23.2. The van der Waals surface area contributed by atoms with Gasteiger partial charge in [0.05, 0.1) is 19.8 Å². The predicted octanol–water partition coefficient (Wildman–Crippen LogP) is 1.02. The summed E-state index contributed by atoms with van der Waals surface area (Å²) in [7, 11) is 0. The van der Waals surface area contributed by atoms with E-state index in [0.717, 1.165) is 19.6 Å². The van der Waals surface area contributed by atoms with Crippen molar-refractivity contribution in [3.05, 3.63) is 0 Å². The second kappa shape index (κ2) is 5.83. The van der Waals surface area contributed by atoms with Gasteiger partial charge in [-0.3, -0.25) is 4.79 Å². The van der Waals surface area contributed by atoms with Gasteiger partial charge in [-0.25, -0.2) is 0 Å². The topological polar surface area (TPSA) is 41.6 Å². The van der Waals surface area contributed by atoms with Crippen molar-refractivity contribution in [1.29, 1.82) is 0 Å². The lowest BCUT2D eigenvalue weighted by atomic mass is 9.67. The molecule has 1 aliphatic carbocycles. The molecular weight excluding hydrogens is 216 g/mol. The number of amides is 1. The molecule has 0 atom stereocenters. The number of ether oxygens (including phenoxy) is 1. The minimum atomic E-state index is 0.221. The van der Waals surface area contributed by atoms with Crippen molar-refractivity contribution in [3.8, 4) is 0 Å². The smallest absolute Gasteiger partial charge is 0.236 e. The Bertz CT molecular complexity index is 253. The fourth-order valence-electron chi connectivity index (χ4n) is 2.69. The molecule has 1 aliphatic heterocycles. The highest BCUT2D eigenvalue weighted by atomic mass is 16.5. The standard InChI is InChI=1S/C13H24N2O2/c1-2-13(4-3-5-13)11-14-10-12(16)15-6-8-17-9-7-15/h14H,2-11H2,1H3. The number of nitrogens with one attached hydrogen (secondary N) is 1. The van der Waals surface area contributed by atoms with E-state index in [9.17, 15) is 4.79 Å². The average Bonchev–Trinajstić information content (AvgIpc) is 2.33. The Morgan fingerprint density at radius 1 is 1.35 bits per heavy atom. The highest BCUT2D eigenvalue weighted by molar-refractivity contribution is 5.78. The zero-order valence-electron chi connectivity index (χ0n) is 10.8. The first kappa shape index (κ1) is 12.8. The highest BCUT2D eigenvalue weighted by Crippen LogP contribution is 2.42. The van der Waals surface area contributed by atoms with Gasteiger partial charge in [0, 0.05) is 19.6 Å². The number of carbonyl (C=O) groups excluding carboxylic acids is 1. The molecule has 0 unspecified atom stereocenters. The van der Waals surface area contributed by atoms with Crippen LogP contribution in [0.5, 0.6) is 0 Å². The van der Waals surface area contributed by atoms with E-state index < -0.39 is 0 Å². The molecule has 0 aromatic heterocycles. The third-order valence-electron chi connectivity index (χ3n) is 4.30. The number of hydrogen-bond donors (Lipinski definition) is 1. The molecule has 0 radical (unpaired) electrons. The minimum absolute atomic E-state index is 0.221. The van der Waals surface area contributed by atoms with Crippen molar-refractivity contribution < 1.29 is 9.53 Å². The van der Waals surface area contributed by atoms with Crippen LogP contribution in [0.1, 0.15) is 32.6 Å². The molecule has 0 spiro atoms. The quantitative estimate of drug-likeness (QED) is 0.780. The van der Waals surface area contributed by atoms with E-state index in [-0.39, 0.29) is 5.91 Å². The van der Waals surface area contributed by atoms with Crippen LogP contribution in [0.4, 0.5) is 0 Å². The minimum Gasteiger partial charge on any atom is -0.378 e. The van der Waals surface area contributed by atoms with E-state index in [4.69, 9.17) is 4.74 Å². The molecule has 0 bridgehead atoms. The average molecular weight is 240 g/mol. The van der Waals surface area contributed by atoms with E-state index in [2.05, 4.69) is 12.2 Å². The number of rotatable bonds is 5. The summed E-state index contributed by atoms with van der Waals surface area (Å²) in [4.78, 5) is 13.8. The summed E-state index contributed by atoms with van der Waals surface area (Å²) in [5.74, 6) is 0.221. The molecule has 0 aromatic carbocycles. The fourth-order valence-corrected chi connectivity index (χ4v) is 2.69. The van der Waals surface area contributed by atoms with Crippen molar-refractivity contribution >= 4 is 5.91 Å². The largest absolute Gasteiger partial charge is 0.378 e. The van der Waals surface area contributed by atoms with Crippen LogP contribution in [0.15, 0.2) is 0 Å². The van der Waals surface area contributed by atoms with Gasteiger partial charge in [0.15, 0.2) is 0 Å². The molecule has 4 nitrogen and oxygen atoms in total. The van der Waals surface area contributed by atoms with Crippen LogP contribution >= 0.6 is 0 Å². The third-order valence-corrected chi connectivity index (χ3v) is 4.30. The molecule has 1 heterocycles. The zero-order chi connectivity index (χ0) is 12.1. The van der Waals surface area contributed by atoms with E-state index in [1.54, 1.807) is 0 Å². The van der Waals surface area contributed by atoms with Crippen molar-refractivity contribution in [2.24, 2.45) is 5.41 Å². The molecule has 1 amide bonds. The van der Waals surface area contributed by atoms with Crippen LogP contribution in [-0.2, 0) is 9.53 Å². The Morgan fingerprint density at radius 3 is 2.59 bits per heavy atom. The SMILES string of the molecule is CCC1(CNCC(=O)N2CCOCC2)CCC1. The summed E-state index contributed by atoms with van der Waals surface area (Å²) in [5.41, 5.74) is 0.491. The Labute approximate surface area is 104 Å². The molecule has 2 rings (SSSR count). The van der Waals surface area contributed by atoms with E-state index in [0.29, 0.717) is 25.2 Å². The summed E-state index contributed by atoms with van der Waals surface area (Å²) >= 11 is 0. The second-order valence-corrected chi connectivity index (χ2v) is 5.30. The van der Waals surface area contributed by atoms with Gasteiger partial charge in [-0.15, -0.1) is 0 Å². The lowest BCUT2D eigenvalue weighted by molar-refractivity contribution is -0.134. The third kappa shape index (κ3) is 3.19. The highest BCUT2D eigenvalue weighted by Gasteiger charge is 2.34. The number of nitrogens with zero attached hydrogens (tertiary/aromatic N) is 1. The molecule has 2 aliphatic rings. The summed E-state index contributed by atoms with van der Waals surface area (Å²) in [6.07, 6.45) is 5.23. The molecule has 1 N–H and O–H groups in total. The maximum Gasteiger partial charge on any atom is 0.236 e. The number of carbonyl (C=O) groups is 1. The van der Waals surface area contributed by atoms with Gasteiger partial charge in [-0.05, 0) is 24.7 Å². The summed E-state index contributed by atoms with van der Waals surface area (Å²) in [6.45, 7) is 6.61. The van der Waals surface area contributed by atoms with Crippen LogP contribution in [-0.4, -0.2) is 50.2 Å². The summed E-state index contributed by atoms with van der Waals surface area (Å²) in [5, 5.41) is 3.34. The Kier molecular flexibility index (Phi) is 4.40. The molecule has 4 heteroatoms. The van der Waals surface area contributed by atoms with Crippen LogP contribution in [0, 0.1) is 5.41 Å². The van der Waals surface area contributed by atoms with Crippen molar-refractivity contribution in [3.63, 3.8) is 0 Å². The monoisotopic (exact) mass is 240 g/mol. The van der Waals surface area contributed by atoms with Gasteiger partial charge in [-0.1, -0.05) is 13.3 Å². The first-order valence-corrected chi connectivity index (χ1v) is 6.82.